The van der Waals surface area contributed by atoms with Crippen LogP contribution in [0.2, 0.25) is 0 Å². The highest BCUT2D eigenvalue weighted by atomic mass is 19.4. The molecule has 1 N–H and O–H groups in total. The second kappa shape index (κ2) is 8.85. The molecule has 0 bridgehead atoms. The molecular formula is C29H25F5N6O2. The molecule has 1 aliphatic heterocycles. The lowest BCUT2D eigenvalue weighted by molar-refractivity contribution is -0.162. The summed E-state index contributed by atoms with van der Waals surface area (Å²) in [5, 5.41) is 6.69. The Kier molecular flexibility index (Phi) is 5.61. The van der Waals surface area contributed by atoms with Crippen molar-refractivity contribution in [2.75, 3.05) is 23.3 Å². The quantitative estimate of drug-likeness (QED) is 0.325. The average molecular weight is 585 g/mol. The fraction of sp³-hybridized carbons (Fsp3) is 0.379. The molecule has 0 unspecified atom stereocenters. The zero-order valence-corrected chi connectivity index (χ0v) is 22.4. The van der Waals surface area contributed by atoms with Crippen LogP contribution >= 0.6 is 0 Å². The van der Waals surface area contributed by atoms with Crippen LogP contribution in [0, 0.1) is 17.0 Å². The van der Waals surface area contributed by atoms with Crippen molar-refractivity contribution in [1.82, 2.24) is 19.3 Å². The number of fused-ring (bicyclic) bond motifs is 1. The molecule has 8 nitrogen and oxygen atoms in total. The number of halogens is 5. The van der Waals surface area contributed by atoms with Crippen LogP contribution in [0.15, 0.2) is 47.3 Å². The number of hydrogen-bond donors (Lipinski definition) is 1. The number of benzene rings is 2. The molecular weight excluding hydrogens is 559 g/mol. The van der Waals surface area contributed by atoms with E-state index in [0.29, 0.717) is 40.2 Å². The zero-order valence-electron chi connectivity index (χ0n) is 22.4. The third kappa shape index (κ3) is 4.00. The summed E-state index contributed by atoms with van der Waals surface area (Å²) in [5.74, 6) is -2.89. The number of nitrogens with one attached hydrogen (secondary N) is 1. The van der Waals surface area contributed by atoms with Crippen molar-refractivity contribution in [2.24, 2.45) is 12.5 Å². The standard InChI is InChI=1S/C29H25F5N6O2/c1-38-20-7-5-18(35-25(42)19-6-8-21(41)40(37-19)23-16(30)3-2-4-17(23)31)24(39-14-13-27(15-39)9-10-27)22(20)36-26(38)28(11-12-28)29(32,33)34/h2-8H,9-15H2,1H3,(H,35,42). The summed E-state index contributed by atoms with van der Waals surface area (Å²) < 4.78 is 73.0. The lowest BCUT2D eigenvalue weighted by Crippen LogP contribution is -2.31. The van der Waals surface area contributed by atoms with E-state index in [4.69, 9.17) is 0 Å². The Morgan fingerprint density at radius 3 is 2.29 bits per heavy atom. The SMILES string of the molecule is Cn1c(C2(C(F)(F)F)CC2)nc2c(N3CCC4(CC4)C3)c(NC(=O)c3ccc(=O)n(-c4c(F)cccc4F)n3)ccc21. The minimum absolute atomic E-state index is 0.0383. The number of nitrogens with zero attached hydrogens (tertiary/aromatic N) is 5. The number of carbonyl (C=O) groups is 1. The lowest BCUT2D eigenvalue weighted by atomic mass is 10.1. The first-order chi connectivity index (χ1) is 19.9. The normalized spacial score (nSPS) is 18.6. The van der Waals surface area contributed by atoms with Gasteiger partial charge in [0.15, 0.2) is 11.6 Å². The molecule has 0 atom stereocenters. The van der Waals surface area contributed by atoms with Crippen molar-refractivity contribution in [3.05, 3.63) is 76.0 Å². The Labute approximate surface area is 235 Å². The molecule has 3 fully saturated rings. The zero-order chi connectivity index (χ0) is 29.6. The second-order valence-corrected chi connectivity index (χ2v) is 11.6. The van der Waals surface area contributed by atoms with Crippen molar-refractivity contribution in [1.29, 1.82) is 0 Å². The highest BCUT2D eigenvalue weighted by Gasteiger charge is 2.67. The Morgan fingerprint density at radius 1 is 0.952 bits per heavy atom. The van der Waals surface area contributed by atoms with Crippen LogP contribution in [0.3, 0.4) is 0 Å². The minimum atomic E-state index is -4.45. The molecule has 1 amide bonds. The molecule has 2 aromatic carbocycles. The molecule has 2 aromatic heterocycles. The smallest absolute Gasteiger partial charge is 0.367 e. The van der Waals surface area contributed by atoms with Gasteiger partial charge in [-0.2, -0.15) is 23.0 Å². The number of rotatable bonds is 5. The molecule has 218 valence electrons. The van der Waals surface area contributed by atoms with Gasteiger partial charge in [0.1, 0.15) is 28.1 Å². The van der Waals surface area contributed by atoms with Gasteiger partial charge >= 0.3 is 6.18 Å². The van der Waals surface area contributed by atoms with Crippen LogP contribution in [0.25, 0.3) is 16.7 Å². The van der Waals surface area contributed by atoms with Gasteiger partial charge in [0, 0.05) is 26.2 Å². The number of amides is 1. The summed E-state index contributed by atoms with van der Waals surface area (Å²) in [4.78, 5) is 32.5. The van der Waals surface area contributed by atoms with E-state index in [0.717, 1.165) is 49.6 Å². The third-order valence-electron chi connectivity index (χ3n) is 8.89. The van der Waals surface area contributed by atoms with E-state index in [1.54, 1.807) is 19.2 Å². The van der Waals surface area contributed by atoms with Crippen LogP contribution in [0.5, 0.6) is 0 Å². The third-order valence-corrected chi connectivity index (χ3v) is 8.89. The highest BCUT2D eigenvalue weighted by molar-refractivity contribution is 6.08. The van der Waals surface area contributed by atoms with E-state index in [1.807, 2.05) is 0 Å². The van der Waals surface area contributed by atoms with Gasteiger partial charge in [-0.3, -0.25) is 9.59 Å². The number of alkyl halides is 3. The molecule has 42 heavy (non-hydrogen) atoms. The number of aryl methyl sites for hydroxylation is 1. The molecule has 2 saturated carbocycles. The van der Waals surface area contributed by atoms with Crippen LogP contribution in [-0.2, 0) is 12.5 Å². The number of carbonyl (C=O) groups excluding carboxylic acids is 1. The van der Waals surface area contributed by atoms with Gasteiger partial charge in [0.2, 0.25) is 0 Å². The van der Waals surface area contributed by atoms with E-state index in [-0.39, 0.29) is 29.8 Å². The van der Waals surface area contributed by atoms with Crippen LogP contribution < -0.4 is 15.8 Å². The van der Waals surface area contributed by atoms with Gasteiger partial charge in [-0.25, -0.2) is 13.8 Å². The fourth-order valence-electron chi connectivity index (χ4n) is 6.13. The van der Waals surface area contributed by atoms with Crippen molar-refractivity contribution >= 4 is 28.3 Å². The van der Waals surface area contributed by atoms with E-state index in [9.17, 15) is 31.5 Å². The van der Waals surface area contributed by atoms with Gasteiger partial charge in [0.25, 0.3) is 11.5 Å². The van der Waals surface area contributed by atoms with Crippen molar-refractivity contribution in [3.63, 3.8) is 0 Å². The molecule has 1 saturated heterocycles. The van der Waals surface area contributed by atoms with Gasteiger partial charge in [-0.1, -0.05) is 6.07 Å². The second-order valence-electron chi connectivity index (χ2n) is 11.6. The average Bonchev–Trinajstić information content (AvgIpc) is 3.83. The summed E-state index contributed by atoms with van der Waals surface area (Å²) in [5.41, 5.74) is -2.01. The number of para-hydroxylation sites is 1. The molecule has 3 aliphatic rings. The van der Waals surface area contributed by atoms with Crippen LogP contribution in [0.1, 0.15) is 48.4 Å². The predicted molar refractivity (Wildman–Crippen MR) is 144 cm³/mol. The molecule has 0 radical (unpaired) electrons. The van der Waals surface area contributed by atoms with E-state index >= 15 is 0 Å². The summed E-state index contributed by atoms with van der Waals surface area (Å²) >= 11 is 0. The van der Waals surface area contributed by atoms with E-state index in [1.165, 1.54) is 4.57 Å². The molecule has 1 spiro atoms. The number of hydrogen-bond acceptors (Lipinski definition) is 5. The Hall–Kier alpha value is -4.29. The largest absolute Gasteiger partial charge is 0.401 e. The van der Waals surface area contributed by atoms with Crippen molar-refractivity contribution in [2.45, 2.75) is 43.7 Å². The Bertz CT molecular complexity index is 1820. The van der Waals surface area contributed by atoms with Gasteiger partial charge in [-0.05, 0) is 67.9 Å². The Morgan fingerprint density at radius 2 is 1.67 bits per heavy atom. The first-order valence-electron chi connectivity index (χ1n) is 13.6. The summed E-state index contributed by atoms with van der Waals surface area (Å²) in [7, 11) is 1.57. The van der Waals surface area contributed by atoms with Gasteiger partial charge < -0.3 is 14.8 Å². The van der Waals surface area contributed by atoms with Gasteiger partial charge in [0.05, 0.1) is 16.9 Å². The maximum atomic E-state index is 14.4. The monoisotopic (exact) mass is 584 g/mol. The summed E-state index contributed by atoms with van der Waals surface area (Å²) in [6, 6.07) is 8.42. The molecule has 13 heteroatoms. The Balaban J connectivity index is 1.31. The summed E-state index contributed by atoms with van der Waals surface area (Å²) in [6.07, 6.45) is -1.48. The van der Waals surface area contributed by atoms with Crippen molar-refractivity contribution in [3.8, 4) is 5.69 Å². The fourth-order valence-corrected chi connectivity index (χ4v) is 6.13. The minimum Gasteiger partial charge on any atom is -0.367 e. The topological polar surface area (TPSA) is 85.0 Å². The lowest BCUT2D eigenvalue weighted by Gasteiger charge is -2.23. The molecule has 4 aromatic rings. The first kappa shape index (κ1) is 26.6. The number of imidazole rings is 1. The maximum Gasteiger partial charge on any atom is 0.401 e. The number of aromatic nitrogens is 4. The molecule has 7 rings (SSSR count). The molecule has 2 aliphatic carbocycles. The maximum absolute atomic E-state index is 14.4. The van der Waals surface area contributed by atoms with Crippen molar-refractivity contribution < 1.29 is 26.7 Å². The highest BCUT2D eigenvalue weighted by Crippen LogP contribution is 2.59. The van der Waals surface area contributed by atoms with Crippen LogP contribution in [0.4, 0.5) is 33.3 Å². The van der Waals surface area contributed by atoms with Gasteiger partial charge in [-0.15, -0.1) is 0 Å². The first-order valence-corrected chi connectivity index (χ1v) is 13.6. The predicted octanol–water partition coefficient (Wildman–Crippen LogP) is 5.23. The number of anilines is 2. The summed E-state index contributed by atoms with van der Waals surface area (Å²) in [6.45, 7) is 1.33. The molecule has 3 heterocycles. The van der Waals surface area contributed by atoms with E-state index < -0.39 is 40.4 Å². The van der Waals surface area contributed by atoms with Crippen LogP contribution in [-0.4, -0.2) is 44.5 Å². The van der Waals surface area contributed by atoms with E-state index in [2.05, 4.69) is 20.3 Å².